The average Bonchev–Trinajstić information content (AvgIpc) is 3.17. The quantitative estimate of drug-likeness (QED) is 0.696. The molecule has 1 heterocycles. The van der Waals surface area contributed by atoms with Crippen LogP contribution in [0, 0.1) is 5.92 Å². The molecule has 2 atom stereocenters. The van der Waals surface area contributed by atoms with E-state index in [9.17, 15) is 9.59 Å². The first kappa shape index (κ1) is 23.2. The Labute approximate surface area is 183 Å². The predicted molar refractivity (Wildman–Crippen MR) is 119 cm³/mol. The number of amides is 2. The third-order valence-corrected chi connectivity index (χ3v) is 5.47. The maximum Gasteiger partial charge on any atom is 0.253 e. The van der Waals surface area contributed by atoms with Crippen molar-refractivity contribution < 1.29 is 9.59 Å². The lowest BCUT2D eigenvalue weighted by Crippen LogP contribution is -2.36. The standard InChI is InChI=1S/C22H26ClN3O2.ClH/c1-24-14-16-11-12-26(15-16)21(27)13-20(17-7-3-2-4-8-17)25-22(28)18-9-5-6-10-19(18)23;/h2-10,16,20,24H,11-15H2,1H3,(H,25,28);1H. The van der Waals surface area contributed by atoms with Crippen LogP contribution in [0.25, 0.3) is 0 Å². The summed E-state index contributed by atoms with van der Waals surface area (Å²) in [4.78, 5) is 27.6. The number of nitrogens with one attached hydrogen (secondary N) is 2. The van der Waals surface area contributed by atoms with Gasteiger partial charge in [-0.15, -0.1) is 12.4 Å². The van der Waals surface area contributed by atoms with E-state index in [1.165, 1.54) is 0 Å². The predicted octanol–water partition coefficient (Wildman–Crippen LogP) is 3.69. The van der Waals surface area contributed by atoms with Crippen molar-refractivity contribution in [2.45, 2.75) is 18.9 Å². The first-order valence-electron chi connectivity index (χ1n) is 9.61. The maximum absolute atomic E-state index is 12.9. The Kier molecular flexibility index (Phi) is 8.96. The number of likely N-dealkylation sites (tertiary alicyclic amines) is 1. The Morgan fingerprint density at radius 3 is 2.52 bits per heavy atom. The van der Waals surface area contributed by atoms with Gasteiger partial charge in [0.1, 0.15) is 0 Å². The van der Waals surface area contributed by atoms with Crippen molar-refractivity contribution in [3.05, 3.63) is 70.7 Å². The molecule has 1 aliphatic rings. The van der Waals surface area contributed by atoms with E-state index in [1.54, 1.807) is 24.3 Å². The van der Waals surface area contributed by atoms with E-state index >= 15 is 0 Å². The third kappa shape index (κ3) is 6.20. The summed E-state index contributed by atoms with van der Waals surface area (Å²) in [5.74, 6) is 0.274. The van der Waals surface area contributed by atoms with Crippen molar-refractivity contribution in [1.29, 1.82) is 0 Å². The van der Waals surface area contributed by atoms with Crippen LogP contribution in [-0.4, -0.2) is 43.4 Å². The molecule has 0 aromatic heterocycles. The lowest BCUT2D eigenvalue weighted by Gasteiger charge is -2.23. The van der Waals surface area contributed by atoms with Gasteiger partial charge in [0.05, 0.1) is 23.0 Å². The van der Waals surface area contributed by atoms with Crippen molar-refractivity contribution >= 4 is 35.8 Å². The van der Waals surface area contributed by atoms with E-state index < -0.39 is 6.04 Å². The molecule has 0 spiro atoms. The van der Waals surface area contributed by atoms with Gasteiger partial charge in [0.15, 0.2) is 0 Å². The van der Waals surface area contributed by atoms with Crippen molar-refractivity contribution in [3.8, 4) is 0 Å². The number of halogens is 2. The van der Waals surface area contributed by atoms with Crippen LogP contribution in [0.5, 0.6) is 0 Å². The van der Waals surface area contributed by atoms with Crippen LogP contribution >= 0.6 is 24.0 Å². The van der Waals surface area contributed by atoms with Gasteiger partial charge in [-0.05, 0) is 43.6 Å². The SMILES string of the molecule is CNCC1CCN(C(=O)CC(NC(=O)c2ccccc2Cl)c2ccccc2)C1.Cl. The topological polar surface area (TPSA) is 61.4 Å². The monoisotopic (exact) mass is 435 g/mol. The molecular formula is C22H27Cl2N3O2. The van der Waals surface area contributed by atoms with E-state index in [-0.39, 0.29) is 30.6 Å². The summed E-state index contributed by atoms with van der Waals surface area (Å²) in [7, 11) is 1.93. The Bertz CT molecular complexity index is 817. The molecule has 1 aliphatic heterocycles. The molecule has 156 valence electrons. The van der Waals surface area contributed by atoms with E-state index in [0.29, 0.717) is 16.5 Å². The lowest BCUT2D eigenvalue weighted by molar-refractivity contribution is -0.130. The fourth-order valence-electron chi connectivity index (χ4n) is 3.64. The normalized spacial score (nSPS) is 16.8. The molecule has 2 aromatic carbocycles. The highest BCUT2D eigenvalue weighted by Gasteiger charge is 2.28. The summed E-state index contributed by atoms with van der Waals surface area (Å²) >= 11 is 6.16. The second-order valence-corrected chi connectivity index (χ2v) is 7.58. The minimum atomic E-state index is -0.402. The molecule has 0 saturated carbocycles. The summed E-state index contributed by atoms with van der Waals surface area (Å²) in [6, 6.07) is 16.1. The Hall–Kier alpha value is -2.08. The lowest BCUT2D eigenvalue weighted by atomic mass is 10.0. The van der Waals surface area contributed by atoms with Crippen molar-refractivity contribution in [2.24, 2.45) is 5.92 Å². The molecule has 2 aromatic rings. The first-order valence-corrected chi connectivity index (χ1v) is 9.99. The first-order chi connectivity index (χ1) is 13.6. The molecule has 3 rings (SSSR count). The van der Waals surface area contributed by atoms with Gasteiger partial charge >= 0.3 is 0 Å². The molecule has 2 N–H and O–H groups in total. The zero-order valence-corrected chi connectivity index (χ0v) is 18.0. The van der Waals surface area contributed by atoms with Gasteiger partial charge in [-0.2, -0.15) is 0 Å². The van der Waals surface area contributed by atoms with Crippen LogP contribution in [0.2, 0.25) is 5.02 Å². The fourth-order valence-corrected chi connectivity index (χ4v) is 3.86. The van der Waals surface area contributed by atoms with Gasteiger partial charge in [-0.1, -0.05) is 54.1 Å². The molecule has 0 bridgehead atoms. The maximum atomic E-state index is 12.9. The van der Waals surface area contributed by atoms with E-state index in [2.05, 4.69) is 10.6 Å². The summed E-state index contributed by atoms with van der Waals surface area (Å²) < 4.78 is 0. The average molecular weight is 436 g/mol. The molecule has 1 fully saturated rings. The van der Waals surface area contributed by atoms with Crippen LogP contribution < -0.4 is 10.6 Å². The number of hydrogen-bond acceptors (Lipinski definition) is 3. The van der Waals surface area contributed by atoms with Crippen LogP contribution in [0.1, 0.15) is 34.8 Å². The van der Waals surface area contributed by atoms with E-state index in [4.69, 9.17) is 11.6 Å². The molecule has 2 unspecified atom stereocenters. The number of benzene rings is 2. The zero-order valence-electron chi connectivity index (χ0n) is 16.4. The smallest absolute Gasteiger partial charge is 0.253 e. The molecular weight excluding hydrogens is 409 g/mol. The molecule has 7 heteroatoms. The highest BCUT2D eigenvalue weighted by atomic mass is 35.5. The van der Waals surface area contributed by atoms with Crippen LogP contribution in [0.4, 0.5) is 0 Å². The molecule has 5 nitrogen and oxygen atoms in total. The minimum Gasteiger partial charge on any atom is -0.345 e. The van der Waals surface area contributed by atoms with Crippen LogP contribution in [0.15, 0.2) is 54.6 Å². The van der Waals surface area contributed by atoms with Gasteiger partial charge < -0.3 is 15.5 Å². The number of nitrogens with zero attached hydrogens (tertiary/aromatic N) is 1. The third-order valence-electron chi connectivity index (χ3n) is 5.14. The number of carbonyl (C=O) groups is 2. The van der Waals surface area contributed by atoms with Gasteiger partial charge in [0.25, 0.3) is 5.91 Å². The summed E-state index contributed by atoms with van der Waals surface area (Å²) in [6.45, 7) is 2.44. The molecule has 29 heavy (non-hydrogen) atoms. The minimum absolute atomic E-state index is 0. The summed E-state index contributed by atoms with van der Waals surface area (Å²) in [5.41, 5.74) is 1.31. The highest BCUT2D eigenvalue weighted by Crippen LogP contribution is 2.23. The van der Waals surface area contributed by atoms with Crippen molar-refractivity contribution in [2.75, 3.05) is 26.7 Å². The van der Waals surface area contributed by atoms with Gasteiger partial charge in [-0.25, -0.2) is 0 Å². The van der Waals surface area contributed by atoms with Crippen molar-refractivity contribution in [3.63, 3.8) is 0 Å². The molecule has 2 amide bonds. The Morgan fingerprint density at radius 1 is 1.14 bits per heavy atom. The fraction of sp³-hybridized carbons (Fsp3) is 0.364. The zero-order chi connectivity index (χ0) is 19.9. The second-order valence-electron chi connectivity index (χ2n) is 7.17. The molecule has 0 aliphatic carbocycles. The van der Waals surface area contributed by atoms with E-state index in [1.807, 2.05) is 42.3 Å². The van der Waals surface area contributed by atoms with Gasteiger partial charge in [0, 0.05) is 13.1 Å². The highest BCUT2D eigenvalue weighted by molar-refractivity contribution is 6.33. The van der Waals surface area contributed by atoms with Crippen molar-refractivity contribution in [1.82, 2.24) is 15.5 Å². The van der Waals surface area contributed by atoms with E-state index in [0.717, 1.165) is 31.6 Å². The summed E-state index contributed by atoms with van der Waals surface area (Å²) in [5, 5.41) is 6.57. The van der Waals surface area contributed by atoms with Gasteiger partial charge in [0.2, 0.25) is 5.91 Å². The number of rotatable bonds is 7. The molecule has 0 radical (unpaired) electrons. The molecule has 1 saturated heterocycles. The Balaban J connectivity index is 0.00000300. The number of hydrogen-bond donors (Lipinski definition) is 2. The number of carbonyl (C=O) groups excluding carboxylic acids is 2. The van der Waals surface area contributed by atoms with Crippen LogP contribution in [0.3, 0.4) is 0 Å². The Morgan fingerprint density at radius 2 is 1.83 bits per heavy atom. The van der Waals surface area contributed by atoms with Gasteiger partial charge in [-0.3, -0.25) is 9.59 Å². The summed E-state index contributed by atoms with van der Waals surface area (Å²) in [6.07, 6.45) is 1.24. The second kappa shape index (κ2) is 11.2. The van der Waals surface area contributed by atoms with Crippen LogP contribution in [-0.2, 0) is 4.79 Å². The largest absolute Gasteiger partial charge is 0.345 e.